The quantitative estimate of drug-likeness (QED) is 0.631. The Hall–Kier alpha value is -3.63. The molecule has 3 aromatic rings. The first-order valence-electron chi connectivity index (χ1n) is 9.11. The zero-order valence-corrected chi connectivity index (χ0v) is 17.9. The van der Waals surface area contributed by atoms with Crippen molar-refractivity contribution in [3.05, 3.63) is 63.9 Å². The Kier molecular flexibility index (Phi) is 6.19. The van der Waals surface area contributed by atoms with Crippen molar-refractivity contribution < 1.29 is 4.79 Å². The molecule has 7 nitrogen and oxygen atoms in total. The molecule has 2 aromatic heterocycles. The minimum Gasteiger partial charge on any atom is -0.373 e. The molecule has 1 amide bonds. The van der Waals surface area contributed by atoms with Gasteiger partial charge in [0.1, 0.15) is 5.82 Å². The Labute approximate surface area is 180 Å². The van der Waals surface area contributed by atoms with Crippen LogP contribution in [-0.2, 0) is 0 Å². The predicted octanol–water partition coefficient (Wildman–Crippen LogP) is 3.23. The van der Waals surface area contributed by atoms with E-state index in [0.29, 0.717) is 33.1 Å². The summed E-state index contributed by atoms with van der Waals surface area (Å²) in [5, 5.41) is 3.29. The summed E-state index contributed by atoms with van der Waals surface area (Å²) in [4.78, 5) is 26.6. The monoisotopic (exact) mass is 420 g/mol. The fourth-order valence-electron chi connectivity index (χ4n) is 2.78. The summed E-state index contributed by atoms with van der Waals surface area (Å²) in [6.45, 7) is 1.82. The van der Waals surface area contributed by atoms with Crippen LogP contribution in [0.1, 0.15) is 27.2 Å². The lowest BCUT2D eigenvalue weighted by molar-refractivity contribution is 0.0828. The van der Waals surface area contributed by atoms with Crippen molar-refractivity contribution in [3.8, 4) is 23.1 Å². The molecular weight excluding hydrogens is 400 g/mol. The third-order valence-corrected chi connectivity index (χ3v) is 4.65. The molecule has 0 saturated carbocycles. The number of aromatic nitrogens is 3. The van der Waals surface area contributed by atoms with Gasteiger partial charge in [-0.25, -0.2) is 15.0 Å². The maximum atomic E-state index is 12.3. The lowest BCUT2D eigenvalue weighted by atomic mass is 10.0. The Morgan fingerprint density at radius 3 is 2.53 bits per heavy atom. The summed E-state index contributed by atoms with van der Waals surface area (Å²) in [5.74, 6) is 6.93. The summed E-state index contributed by atoms with van der Waals surface area (Å²) in [6.07, 6.45) is 1.69. The van der Waals surface area contributed by atoms with Gasteiger partial charge in [-0.2, -0.15) is 0 Å². The first kappa shape index (κ1) is 21.1. The number of carbonyl (C=O) groups is 1. The third-order valence-electron chi connectivity index (χ3n) is 4.34. The fourth-order valence-corrected chi connectivity index (χ4v) is 3.04. The molecule has 0 aliphatic carbocycles. The Morgan fingerprint density at radius 1 is 1.17 bits per heavy atom. The van der Waals surface area contributed by atoms with Crippen LogP contribution < -0.4 is 11.1 Å². The number of aryl methyl sites for hydroxylation is 1. The second-order valence-electron chi connectivity index (χ2n) is 6.72. The van der Waals surface area contributed by atoms with Crippen molar-refractivity contribution >= 4 is 29.3 Å². The molecule has 0 aliphatic heterocycles. The smallest absolute Gasteiger partial charge is 0.254 e. The molecule has 0 bridgehead atoms. The van der Waals surface area contributed by atoms with Crippen molar-refractivity contribution in [3.63, 3.8) is 0 Å². The summed E-state index contributed by atoms with van der Waals surface area (Å²) in [6, 6.07) is 8.85. The minimum absolute atomic E-state index is 0.137. The van der Waals surface area contributed by atoms with Gasteiger partial charge in [0.25, 0.3) is 5.91 Å². The van der Waals surface area contributed by atoms with Gasteiger partial charge in [-0.1, -0.05) is 29.5 Å². The number of nitrogens with two attached hydrogens (primary N) is 1. The van der Waals surface area contributed by atoms with Gasteiger partial charge < -0.3 is 16.0 Å². The summed E-state index contributed by atoms with van der Waals surface area (Å²) < 4.78 is 0. The number of benzene rings is 1. The molecular formula is C22H21ClN6O. The van der Waals surface area contributed by atoms with E-state index in [-0.39, 0.29) is 11.9 Å². The molecule has 8 heteroatoms. The first-order valence-corrected chi connectivity index (χ1v) is 9.49. The average Bonchev–Trinajstić information content (AvgIpc) is 2.72. The van der Waals surface area contributed by atoms with Gasteiger partial charge in [0.05, 0.1) is 27.5 Å². The molecule has 0 fully saturated rings. The van der Waals surface area contributed by atoms with Crippen molar-refractivity contribution in [2.24, 2.45) is 0 Å². The van der Waals surface area contributed by atoms with Crippen LogP contribution in [0.2, 0.25) is 5.02 Å². The molecule has 2 heterocycles. The summed E-state index contributed by atoms with van der Waals surface area (Å²) in [7, 11) is 5.15. The van der Waals surface area contributed by atoms with E-state index in [9.17, 15) is 4.79 Å². The standard InChI is InChI=1S/C22H21ClN6O/c1-13-16(8-5-14-6-10-19(25-2)26-12-14)20(28-22(24)27-13)15-7-9-17(18(23)11-15)21(30)29(3)4/h6-7,9-12H,1-4H3,(H,25,26)(H2,24,27,28). The number of rotatable bonds is 3. The molecule has 1 aromatic carbocycles. The number of nitrogens with one attached hydrogen (secondary N) is 1. The normalized spacial score (nSPS) is 10.2. The number of amides is 1. The van der Waals surface area contributed by atoms with Crippen LogP contribution in [0.25, 0.3) is 11.3 Å². The molecule has 152 valence electrons. The first-order chi connectivity index (χ1) is 14.3. The van der Waals surface area contributed by atoms with Crippen LogP contribution in [0.4, 0.5) is 11.8 Å². The highest BCUT2D eigenvalue weighted by molar-refractivity contribution is 6.34. The second-order valence-corrected chi connectivity index (χ2v) is 7.12. The highest BCUT2D eigenvalue weighted by Crippen LogP contribution is 2.28. The number of pyridine rings is 1. The van der Waals surface area contributed by atoms with Gasteiger partial charge >= 0.3 is 0 Å². The van der Waals surface area contributed by atoms with Crippen molar-refractivity contribution in [1.82, 2.24) is 19.9 Å². The van der Waals surface area contributed by atoms with Crippen LogP contribution >= 0.6 is 11.6 Å². The number of hydrogen-bond donors (Lipinski definition) is 2. The topological polar surface area (TPSA) is 97.0 Å². The van der Waals surface area contributed by atoms with Gasteiger partial charge in [0.15, 0.2) is 0 Å². The van der Waals surface area contributed by atoms with Crippen molar-refractivity contribution in [2.45, 2.75) is 6.92 Å². The third kappa shape index (κ3) is 4.50. The van der Waals surface area contributed by atoms with Crippen LogP contribution in [0.5, 0.6) is 0 Å². The molecule has 3 N–H and O–H groups in total. The van der Waals surface area contributed by atoms with E-state index in [1.165, 1.54) is 4.90 Å². The molecule has 0 saturated heterocycles. The average molecular weight is 421 g/mol. The Morgan fingerprint density at radius 2 is 1.93 bits per heavy atom. The van der Waals surface area contributed by atoms with Crippen LogP contribution in [0.3, 0.4) is 0 Å². The van der Waals surface area contributed by atoms with Gasteiger partial charge in [0.2, 0.25) is 5.95 Å². The van der Waals surface area contributed by atoms with Crippen LogP contribution in [0, 0.1) is 18.8 Å². The number of halogens is 1. The maximum Gasteiger partial charge on any atom is 0.254 e. The molecule has 0 aliphatic rings. The number of nitrogens with zero attached hydrogens (tertiary/aromatic N) is 4. The summed E-state index contributed by atoms with van der Waals surface area (Å²) in [5.41, 5.74) is 9.57. The van der Waals surface area contributed by atoms with E-state index in [1.807, 2.05) is 19.1 Å². The lowest BCUT2D eigenvalue weighted by Gasteiger charge is -2.13. The zero-order valence-electron chi connectivity index (χ0n) is 17.1. The number of carbonyl (C=O) groups excluding carboxylic acids is 1. The second kappa shape index (κ2) is 8.80. The van der Waals surface area contributed by atoms with Crippen LogP contribution in [-0.4, -0.2) is 46.9 Å². The van der Waals surface area contributed by atoms with E-state index < -0.39 is 0 Å². The van der Waals surface area contributed by atoms with E-state index in [0.717, 1.165) is 11.4 Å². The maximum absolute atomic E-state index is 12.3. The molecule has 0 unspecified atom stereocenters. The molecule has 0 radical (unpaired) electrons. The molecule has 3 rings (SSSR count). The predicted molar refractivity (Wildman–Crippen MR) is 119 cm³/mol. The highest BCUT2D eigenvalue weighted by Gasteiger charge is 2.16. The molecule has 0 spiro atoms. The highest BCUT2D eigenvalue weighted by atomic mass is 35.5. The SMILES string of the molecule is CNc1ccc(C#Cc2c(C)nc(N)nc2-c2ccc(C(=O)N(C)C)c(Cl)c2)cn1. The lowest BCUT2D eigenvalue weighted by Crippen LogP contribution is -2.21. The van der Waals surface area contributed by atoms with Gasteiger partial charge in [0, 0.05) is 38.5 Å². The Bertz CT molecular complexity index is 1160. The number of anilines is 2. The fraction of sp³-hybridized carbons (Fsp3) is 0.182. The Balaban J connectivity index is 2.07. The zero-order chi connectivity index (χ0) is 21.8. The summed E-state index contributed by atoms with van der Waals surface area (Å²) >= 11 is 6.38. The number of hydrogen-bond acceptors (Lipinski definition) is 6. The van der Waals surface area contributed by atoms with Crippen LogP contribution in [0.15, 0.2) is 36.5 Å². The number of nitrogen functional groups attached to an aromatic ring is 1. The largest absolute Gasteiger partial charge is 0.373 e. The van der Waals surface area contributed by atoms with Gasteiger partial charge in [-0.3, -0.25) is 4.79 Å². The molecule has 30 heavy (non-hydrogen) atoms. The van der Waals surface area contributed by atoms with E-state index in [4.69, 9.17) is 17.3 Å². The van der Waals surface area contributed by atoms with Gasteiger partial charge in [-0.15, -0.1) is 0 Å². The van der Waals surface area contributed by atoms with Gasteiger partial charge in [-0.05, 0) is 31.2 Å². The van der Waals surface area contributed by atoms with E-state index in [1.54, 1.807) is 45.5 Å². The van der Waals surface area contributed by atoms with Crippen molar-refractivity contribution in [2.75, 3.05) is 32.2 Å². The van der Waals surface area contributed by atoms with Crippen molar-refractivity contribution in [1.29, 1.82) is 0 Å². The minimum atomic E-state index is -0.178. The van der Waals surface area contributed by atoms with E-state index >= 15 is 0 Å². The molecule has 0 atom stereocenters. The van der Waals surface area contributed by atoms with E-state index in [2.05, 4.69) is 32.1 Å².